The van der Waals surface area contributed by atoms with Gasteiger partial charge in [-0.1, -0.05) is 6.07 Å². The van der Waals surface area contributed by atoms with Gasteiger partial charge in [0, 0.05) is 23.5 Å². The molecule has 0 saturated heterocycles. The van der Waals surface area contributed by atoms with Crippen LogP contribution in [0.2, 0.25) is 0 Å². The molecule has 0 saturated carbocycles. The Balaban J connectivity index is 1.68. The van der Waals surface area contributed by atoms with E-state index in [1.54, 1.807) is 36.4 Å². The highest BCUT2D eigenvalue weighted by atomic mass is 16.5. The Morgan fingerprint density at radius 3 is 2.55 bits per heavy atom. The molecule has 0 unspecified atom stereocenters. The Morgan fingerprint density at radius 1 is 1.10 bits per heavy atom. The number of esters is 1. The average Bonchev–Trinajstić information content (AvgIpc) is 3.16. The quantitative estimate of drug-likeness (QED) is 0.390. The first-order valence-electron chi connectivity index (χ1n) is 9.09. The lowest BCUT2D eigenvalue weighted by Gasteiger charge is -2.09. The summed E-state index contributed by atoms with van der Waals surface area (Å²) >= 11 is 0. The van der Waals surface area contributed by atoms with E-state index in [4.69, 9.17) is 9.15 Å². The second-order valence-electron chi connectivity index (χ2n) is 6.62. The number of hydrogen-bond acceptors (Lipinski definition) is 6. The SMILES string of the molecule is Cc1cc(C(=O)OC(C)C)ccc1-c1ccc(/C=N\NC(=O)c2ccncc2)o1. The van der Waals surface area contributed by atoms with Crippen molar-refractivity contribution < 1.29 is 18.7 Å². The van der Waals surface area contributed by atoms with Gasteiger partial charge >= 0.3 is 5.97 Å². The molecule has 0 spiro atoms. The number of benzene rings is 1. The Kier molecular flexibility index (Phi) is 6.19. The zero-order valence-electron chi connectivity index (χ0n) is 16.4. The summed E-state index contributed by atoms with van der Waals surface area (Å²) in [5.41, 5.74) is 5.12. The van der Waals surface area contributed by atoms with Crippen LogP contribution in [0.25, 0.3) is 11.3 Å². The van der Waals surface area contributed by atoms with Crippen LogP contribution in [0.1, 0.15) is 45.9 Å². The summed E-state index contributed by atoms with van der Waals surface area (Å²) < 4.78 is 11.0. The van der Waals surface area contributed by atoms with E-state index in [1.165, 1.54) is 18.6 Å². The second-order valence-corrected chi connectivity index (χ2v) is 6.62. The van der Waals surface area contributed by atoms with Crippen LogP contribution < -0.4 is 5.43 Å². The number of hydrogen-bond donors (Lipinski definition) is 1. The van der Waals surface area contributed by atoms with Crippen LogP contribution in [0.5, 0.6) is 0 Å². The molecule has 7 nitrogen and oxygen atoms in total. The Hall–Kier alpha value is -3.74. The normalized spacial score (nSPS) is 11.0. The van der Waals surface area contributed by atoms with Crippen molar-refractivity contribution in [1.82, 2.24) is 10.4 Å². The maximum Gasteiger partial charge on any atom is 0.338 e. The lowest BCUT2D eigenvalue weighted by Crippen LogP contribution is -2.17. The summed E-state index contributed by atoms with van der Waals surface area (Å²) in [4.78, 5) is 27.8. The first-order valence-corrected chi connectivity index (χ1v) is 9.09. The minimum Gasteiger partial charge on any atom is -0.459 e. The molecule has 1 aromatic carbocycles. The van der Waals surface area contributed by atoms with E-state index in [0.717, 1.165) is 11.1 Å². The first kappa shape index (κ1) is 20.0. The zero-order chi connectivity index (χ0) is 20.8. The number of ether oxygens (including phenoxy) is 1. The standard InChI is InChI=1S/C22H21N3O4/c1-14(2)28-22(27)17-4-6-19(15(3)12-17)20-7-5-18(29-20)13-24-25-21(26)16-8-10-23-11-9-16/h4-14H,1-3H3,(H,25,26)/b24-13-. The van der Waals surface area contributed by atoms with Crippen LogP contribution in [-0.4, -0.2) is 29.2 Å². The number of carbonyl (C=O) groups is 2. The predicted octanol–water partition coefficient (Wildman–Crippen LogP) is 3.98. The smallest absolute Gasteiger partial charge is 0.338 e. The van der Waals surface area contributed by atoms with E-state index < -0.39 is 0 Å². The third-order valence-electron chi connectivity index (χ3n) is 4.00. The number of aryl methyl sites for hydroxylation is 1. The van der Waals surface area contributed by atoms with E-state index in [-0.39, 0.29) is 18.0 Å². The molecule has 0 radical (unpaired) electrons. The van der Waals surface area contributed by atoms with Gasteiger partial charge in [-0.15, -0.1) is 0 Å². The summed E-state index contributed by atoms with van der Waals surface area (Å²) in [5.74, 6) is 0.424. The number of rotatable bonds is 6. The average molecular weight is 391 g/mol. The van der Waals surface area contributed by atoms with Gasteiger partial charge in [0.2, 0.25) is 0 Å². The van der Waals surface area contributed by atoms with Gasteiger partial charge in [0.1, 0.15) is 11.5 Å². The number of nitrogens with one attached hydrogen (secondary N) is 1. The maximum atomic E-state index is 12.0. The molecule has 0 atom stereocenters. The van der Waals surface area contributed by atoms with Gasteiger partial charge in [-0.25, -0.2) is 10.2 Å². The van der Waals surface area contributed by atoms with Gasteiger partial charge in [-0.2, -0.15) is 5.10 Å². The molecule has 0 bridgehead atoms. The van der Waals surface area contributed by atoms with Crippen molar-refractivity contribution in [3.8, 4) is 11.3 Å². The minimum atomic E-state index is -0.355. The molecule has 2 aromatic heterocycles. The van der Waals surface area contributed by atoms with Crippen LogP contribution in [0.15, 0.2) is 64.4 Å². The molecule has 0 aliphatic rings. The Labute approximate surface area is 168 Å². The van der Waals surface area contributed by atoms with E-state index in [1.807, 2.05) is 26.8 Å². The lowest BCUT2D eigenvalue weighted by molar-refractivity contribution is 0.0377. The number of amides is 1. The number of hydrazone groups is 1. The van der Waals surface area contributed by atoms with Gasteiger partial charge < -0.3 is 9.15 Å². The van der Waals surface area contributed by atoms with Crippen LogP contribution in [0.4, 0.5) is 0 Å². The van der Waals surface area contributed by atoms with Crippen molar-refractivity contribution in [2.45, 2.75) is 26.9 Å². The van der Waals surface area contributed by atoms with Crippen molar-refractivity contribution in [2.24, 2.45) is 5.10 Å². The molecule has 0 aliphatic heterocycles. The van der Waals surface area contributed by atoms with Crippen LogP contribution in [-0.2, 0) is 4.74 Å². The van der Waals surface area contributed by atoms with Crippen LogP contribution in [0.3, 0.4) is 0 Å². The van der Waals surface area contributed by atoms with Gasteiger partial charge in [0.05, 0.1) is 17.9 Å². The largest absolute Gasteiger partial charge is 0.459 e. The fourth-order valence-corrected chi connectivity index (χ4v) is 2.64. The first-order chi connectivity index (χ1) is 13.9. The lowest BCUT2D eigenvalue weighted by atomic mass is 10.0. The maximum absolute atomic E-state index is 12.0. The highest BCUT2D eigenvalue weighted by molar-refractivity contribution is 5.94. The fourth-order valence-electron chi connectivity index (χ4n) is 2.64. The Morgan fingerprint density at radius 2 is 1.86 bits per heavy atom. The van der Waals surface area contributed by atoms with Crippen LogP contribution in [0, 0.1) is 6.92 Å². The fraction of sp³-hybridized carbons (Fsp3) is 0.182. The summed E-state index contributed by atoms with van der Waals surface area (Å²) in [6.07, 6.45) is 4.32. The summed E-state index contributed by atoms with van der Waals surface area (Å²) in [5, 5.41) is 3.91. The van der Waals surface area contributed by atoms with Crippen molar-refractivity contribution in [3.63, 3.8) is 0 Å². The van der Waals surface area contributed by atoms with Crippen LogP contribution >= 0.6 is 0 Å². The van der Waals surface area contributed by atoms with Gasteiger partial charge in [-0.05, 0) is 62.7 Å². The summed E-state index contributed by atoms with van der Waals surface area (Å²) in [6, 6.07) is 12.0. The second kappa shape index (κ2) is 8.97. The monoisotopic (exact) mass is 391 g/mol. The predicted molar refractivity (Wildman–Crippen MR) is 109 cm³/mol. The van der Waals surface area contributed by atoms with E-state index in [2.05, 4.69) is 15.5 Å². The summed E-state index contributed by atoms with van der Waals surface area (Å²) in [7, 11) is 0. The third kappa shape index (κ3) is 5.16. The Bertz CT molecular complexity index is 1040. The summed E-state index contributed by atoms with van der Waals surface area (Å²) in [6.45, 7) is 5.52. The van der Waals surface area contributed by atoms with Gasteiger partial charge in [0.25, 0.3) is 5.91 Å². The molecular weight excluding hydrogens is 370 g/mol. The molecule has 7 heteroatoms. The molecule has 0 fully saturated rings. The van der Waals surface area contributed by atoms with Crippen molar-refractivity contribution in [2.75, 3.05) is 0 Å². The van der Waals surface area contributed by atoms with E-state index in [9.17, 15) is 9.59 Å². The number of furan rings is 1. The topological polar surface area (TPSA) is 93.8 Å². The molecule has 1 N–H and O–H groups in total. The highest BCUT2D eigenvalue weighted by Gasteiger charge is 2.13. The number of pyridine rings is 1. The molecular formula is C22H21N3O4. The van der Waals surface area contributed by atoms with Crippen molar-refractivity contribution in [1.29, 1.82) is 0 Å². The number of nitrogens with zero attached hydrogens (tertiary/aromatic N) is 2. The molecule has 3 aromatic rings. The molecule has 2 heterocycles. The van der Waals surface area contributed by atoms with E-state index in [0.29, 0.717) is 22.6 Å². The number of aromatic nitrogens is 1. The molecule has 148 valence electrons. The van der Waals surface area contributed by atoms with Gasteiger partial charge in [-0.3, -0.25) is 9.78 Å². The number of carbonyl (C=O) groups excluding carboxylic acids is 2. The van der Waals surface area contributed by atoms with Gasteiger partial charge in [0.15, 0.2) is 0 Å². The molecule has 29 heavy (non-hydrogen) atoms. The van der Waals surface area contributed by atoms with E-state index >= 15 is 0 Å². The molecule has 1 amide bonds. The zero-order valence-corrected chi connectivity index (χ0v) is 16.4. The minimum absolute atomic E-state index is 0.173. The molecule has 0 aliphatic carbocycles. The molecule has 3 rings (SSSR count). The van der Waals surface area contributed by atoms with Crippen molar-refractivity contribution >= 4 is 18.1 Å². The third-order valence-corrected chi connectivity index (χ3v) is 4.00. The highest BCUT2D eigenvalue weighted by Crippen LogP contribution is 2.26. The van der Waals surface area contributed by atoms with Crippen molar-refractivity contribution in [3.05, 3.63) is 77.3 Å².